The second-order valence-corrected chi connectivity index (χ2v) is 3.83. The quantitative estimate of drug-likeness (QED) is 0.903. The number of hydrogen-bond donors (Lipinski definition) is 1. The van der Waals surface area contributed by atoms with E-state index < -0.39 is 0 Å². The van der Waals surface area contributed by atoms with Crippen LogP contribution in [0.25, 0.3) is 0 Å². The highest BCUT2D eigenvalue weighted by atomic mass is 32.1. The smallest absolute Gasteiger partial charge is 0.277 e. The SMILES string of the molecule is N#CCOc1cccc(NC(=O)c2csnn2)c1. The van der Waals surface area contributed by atoms with Crippen LogP contribution in [-0.4, -0.2) is 22.1 Å². The molecule has 90 valence electrons. The molecule has 0 unspecified atom stereocenters. The monoisotopic (exact) mass is 260 g/mol. The van der Waals surface area contributed by atoms with Crippen molar-refractivity contribution in [2.45, 2.75) is 0 Å². The normalized spacial score (nSPS) is 9.50. The van der Waals surface area contributed by atoms with Gasteiger partial charge in [-0.3, -0.25) is 4.79 Å². The van der Waals surface area contributed by atoms with E-state index in [2.05, 4.69) is 14.9 Å². The fourth-order valence-electron chi connectivity index (χ4n) is 1.24. The van der Waals surface area contributed by atoms with Gasteiger partial charge in [0, 0.05) is 17.1 Å². The van der Waals surface area contributed by atoms with E-state index in [1.807, 2.05) is 6.07 Å². The Morgan fingerprint density at radius 1 is 1.56 bits per heavy atom. The Morgan fingerprint density at radius 2 is 2.44 bits per heavy atom. The van der Waals surface area contributed by atoms with Gasteiger partial charge in [0.1, 0.15) is 11.8 Å². The topological polar surface area (TPSA) is 87.9 Å². The van der Waals surface area contributed by atoms with Gasteiger partial charge in [-0.2, -0.15) is 5.26 Å². The third kappa shape index (κ3) is 3.02. The van der Waals surface area contributed by atoms with Crippen molar-refractivity contribution < 1.29 is 9.53 Å². The molecule has 6 nitrogen and oxygen atoms in total. The molecule has 1 amide bonds. The molecule has 0 aliphatic heterocycles. The van der Waals surface area contributed by atoms with Gasteiger partial charge >= 0.3 is 0 Å². The molecule has 0 radical (unpaired) electrons. The van der Waals surface area contributed by atoms with Crippen molar-refractivity contribution in [1.29, 1.82) is 5.26 Å². The van der Waals surface area contributed by atoms with Crippen molar-refractivity contribution in [3.63, 3.8) is 0 Å². The van der Waals surface area contributed by atoms with Crippen LogP contribution in [-0.2, 0) is 0 Å². The predicted molar refractivity (Wildman–Crippen MR) is 65.4 cm³/mol. The largest absolute Gasteiger partial charge is 0.479 e. The van der Waals surface area contributed by atoms with Crippen LogP contribution < -0.4 is 10.1 Å². The molecule has 0 fully saturated rings. The number of hydrogen-bond acceptors (Lipinski definition) is 6. The molecule has 0 atom stereocenters. The molecule has 1 aromatic carbocycles. The highest BCUT2D eigenvalue weighted by molar-refractivity contribution is 7.03. The van der Waals surface area contributed by atoms with E-state index in [9.17, 15) is 4.79 Å². The fourth-order valence-corrected chi connectivity index (χ4v) is 1.67. The molecular formula is C11H8N4O2S. The van der Waals surface area contributed by atoms with Crippen LogP contribution in [0.2, 0.25) is 0 Å². The number of nitrogens with zero attached hydrogens (tertiary/aromatic N) is 3. The molecule has 0 saturated carbocycles. The number of benzene rings is 1. The maximum absolute atomic E-state index is 11.7. The minimum atomic E-state index is -0.332. The van der Waals surface area contributed by atoms with E-state index in [1.165, 1.54) is 0 Å². The summed E-state index contributed by atoms with van der Waals surface area (Å²) in [6, 6.07) is 8.66. The van der Waals surface area contributed by atoms with Crippen molar-refractivity contribution in [1.82, 2.24) is 9.59 Å². The van der Waals surface area contributed by atoms with Gasteiger partial charge in [-0.05, 0) is 23.7 Å². The second kappa shape index (κ2) is 5.75. The van der Waals surface area contributed by atoms with Crippen LogP contribution in [0.4, 0.5) is 5.69 Å². The summed E-state index contributed by atoms with van der Waals surface area (Å²) in [5, 5.41) is 16.3. The molecule has 0 aliphatic carbocycles. The van der Waals surface area contributed by atoms with Crippen LogP contribution in [0, 0.1) is 11.3 Å². The summed E-state index contributed by atoms with van der Waals surface area (Å²) in [5.74, 6) is 0.187. The van der Waals surface area contributed by atoms with Crippen LogP contribution in [0.1, 0.15) is 10.5 Å². The highest BCUT2D eigenvalue weighted by Crippen LogP contribution is 2.17. The molecule has 0 bridgehead atoms. The molecule has 2 rings (SSSR count). The van der Waals surface area contributed by atoms with E-state index >= 15 is 0 Å². The van der Waals surface area contributed by atoms with Gasteiger partial charge in [-0.15, -0.1) is 5.10 Å². The average Bonchev–Trinajstić information content (AvgIpc) is 2.91. The molecule has 18 heavy (non-hydrogen) atoms. The molecule has 1 aromatic heterocycles. The molecule has 2 aromatic rings. The van der Waals surface area contributed by atoms with Gasteiger partial charge in [0.05, 0.1) is 0 Å². The first-order valence-electron chi connectivity index (χ1n) is 4.98. The van der Waals surface area contributed by atoms with Gasteiger partial charge in [0.2, 0.25) is 0 Å². The lowest BCUT2D eigenvalue weighted by molar-refractivity contribution is 0.102. The lowest BCUT2D eigenvalue weighted by Gasteiger charge is -2.05. The first-order valence-corrected chi connectivity index (χ1v) is 5.81. The Kier molecular flexibility index (Phi) is 3.83. The van der Waals surface area contributed by atoms with Crippen LogP contribution in [0.3, 0.4) is 0 Å². The molecule has 0 spiro atoms. The molecule has 1 heterocycles. The Balaban J connectivity index is 2.05. The number of carbonyl (C=O) groups is 1. The highest BCUT2D eigenvalue weighted by Gasteiger charge is 2.09. The first kappa shape index (κ1) is 12.0. The first-order chi connectivity index (χ1) is 8.79. The summed E-state index contributed by atoms with van der Waals surface area (Å²) in [6.45, 7) is -0.0343. The van der Waals surface area contributed by atoms with Gasteiger partial charge in [0.15, 0.2) is 12.3 Å². The van der Waals surface area contributed by atoms with E-state index in [0.29, 0.717) is 11.4 Å². The van der Waals surface area contributed by atoms with E-state index in [4.69, 9.17) is 10.00 Å². The zero-order chi connectivity index (χ0) is 12.8. The minimum Gasteiger partial charge on any atom is -0.479 e. The van der Waals surface area contributed by atoms with Gasteiger partial charge in [-0.25, -0.2) is 0 Å². The van der Waals surface area contributed by atoms with E-state index in [1.54, 1.807) is 29.6 Å². The molecule has 1 N–H and O–H groups in total. The lowest BCUT2D eigenvalue weighted by atomic mass is 10.3. The third-order valence-electron chi connectivity index (χ3n) is 1.99. The predicted octanol–water partition coefficient (Wildman–Crippen LogP) is 1.69. The number of carbonyl (C=O) groups excluding carboxylic acids is 1. The van der Waals surface area contributed by atoms with E-state index in [-0.39, 0.29) is 18.2 Å². The minimum absolute atomic E-state index is 0.0343. The van der Waals surface area contributed by atoms with Gasteiger partial charge < -0.3 is 10.1 Å². The van der Waals surface area contributed by atoms with Crippen molar-refractivity contribution in [2.75, 3.05) is 11.9 Å². The summed E-state index contributed by atoms with van der Waals surface area (Å²) >= 11 is 1.11. The van der Waals surface area contributed by atoms with Gasteiger partial charge in [-0.1, -0.05) is 10.6 Å². The summed E-state index contributed by atoms with van der Waals surface area (Å²) < 4.78 is 8.74. The number of anilines is 1. The number of aromatic nitrogens is 2. The maximum atomic E-state index is 11.7. The van der Waals surface area contributed by atoms with Crippen LogP contribution >= 0.6 is 11.5 Å². The van der Waals surface area contributed by atoms with Crippen LogP contribution in [0.15, 0.2) is 29.6 Å². The summed E-state index contributed by atoms with van der Waals surface area (Å²) in [4.78, 5) is 11.7. The number of nitrogens with one attached hydrogen (secondary N) is 1. The van der Waals surface area contributed by atoms with E-state index in [0.717, 1.165) is 11.5 Å². The second-order valence-electron chi connectivity index (χ2n) is 3.22. The standard InChI is InChI=1S/C11H8N4O2S/c12-4-5-17-9-3-1-2-8(6-9)13-11(16)10-7-18-15-14-10/h1-3,6-7H,5H2,(H,13,16). The molecular weight excluding hydrogens is 252 g/mol. The number of nitriles is 1. The zero-order valence-electron chi connectivity index (χ0n) is 9.16. The van der Waals surface area contributed by atoms with Gasteiger partial charge in [0.25, 0.3) is 5.91 Å². The summed E-state index contributed by atoms with van der Waals surface area (Å²) in [6.07, 6.45) is 0. The zero-order valence-corrected chi connectivity index (χ0v) is 9.98. The Labute approximate surface area is 107 Å². The average molecular weight is 260 g/mol. The Hall–Kier alpha value is -2.46. The van der Waals surface area contributed by atoms with Crippen molar-refractivity contribution >= 4 is 23.1 Å². The van der Waals surface area contributed by atoms with Crippen LogP contribution in [0.5, 0.6) is 5.75 Å². The number of ether oxygens (including phenoxy) is 1. The number of amides is 1. The summed E-state index contributed by atoms with van der Waals surface area (Å²) in [5.41, 5.74) is 0.840. The Bertz CT molecular complexity index is 577. The molecule has 0 aliphatic rings. The molecule has 0 saturated heterocycles. The Morgan fingerprint density at radius 3 is 3.17 bits per heavy atom. The summed E-state index contributed by atoms with van der Waals surface area (Å²) in [7, 11) is 0. The fraction of sp³-hybridized carbons (Fsp3) is 0.0909. The van der Waals surface area contributed by atoms with Crippen molar-refractivity contribution in [2.24, 2.45) is 0 Å². The molecule has 7 heteroatoms. The third-order valence-corrected chi connectivity index (χ3v) is 2.49. The lowest BCUT2D eigenvalue weighted by Crippen LogP contribution is -2.12. The number of rotatable bonds is 4. The maximum Gasteiger partial charge on any atom is 0.277 e. The van der Waals surface area contributed by atoms with Crippen molar-refractivity contribution in [3.05, 3.63) is 35.3 Å². The van der Waals surface area contributed by atoms with Crippen molar-refractivity contribution in [3.8, 4) is 11.8 Å².